The predicted octanol–water partition coefficient (Wildman–Crippen LogP) is 4.82. The second-order valence-electron chi connectivity index (χ2n) is 8.64. The fourth-order valence-electron chi connectivity index (χ4n) is 4.16. The van der Waals surface area contributed by atoms with Crippen molar-refractivity contribution in [2.24, 2.45) is 9.98 Å². The molecule has 0 aromatic heterocycles. The fraction of sp³-hybridized carbons (Fsp3) is 0.214. The standard InChI is InChI=1S/C28H25FN4O3S/c1-36-21-11-9-18(10-12-21)16-30-25(34)14-13-24-27(35)33-26(31-24)22-7-2-3-8-23(22)32-28(33)37-17-19-5-4-6-20(29)15-19/h2-12,15,24H,13-14,16-17H2,1H3,(H,30,34). The first-order valence-electron chi connectivity index (χ1n) is 11.9. The number of aliphatic imine (C=N–C) groups is 2. The number of nitrogens with zero attached hydrogens (tertiary/aromatic N) is 3. The molecular formula is C28H25FN4O3S. The molecule has 0 radical (unpaired) electrons. The normalized spacial score (nSPS) is 16.0. The molecule has 2 heterocycles. The highest BCUT2D eigenvalue weighted by Crippen LogP contribution is 2.35. The Hall–Kier alpha value is -3.98. The van der Waals surface area contributed by atoms with Gasteiger partial charge in [0.05, 0.1) is 12.8 Å². The number of rotatable bonds is 8. The molecule has 2 aliphatic heterocycles. The van der Waals surface area contributed by atoms with E-state index < -0.39 is 6.04 Å². The predicted molar refractivity (Wildman–Crippen MR) is 142 cm³/mol. The van der Waals surface area contributed by atoms with Crippen LogP contribution in [-0.4, -0.2) is 40.9 Å². The van der Waals surface area contributed by atoms with Crippen LogP contribution < -0.4 is 10.1 Å². The maximum Gasteiger partial charge on any atom is 0.259 e. The Morgan fingerprint density at radius 1 is 1.08 bits per heavy atom. The number of carbonyl (C=O) groups is 2. The number of ether oxygens (including phenoxy) is 1. The number of hydrogen-bond acceptors (Lipinski definition) is 6. The molecule has 9 heteroatoms. The van der Waals surface area contributed by atoms with Gasteiger partial charge in [0, 0.05) is 24.3 Å². The molecule has 0 fully saturated rings. The van der Waals surface area contributed by atoms with Crippen molar-refractivity contribution >= 4 is 40.3 Å². The van der Waals surface area contributed by atoms with Crippen molar-refractivity contribution in [2.45, 2.75) is 31.2 Å². The van der Waals surface area contributed by atoms with Crippen molar-refractivity contribution in [2.75, 3.05) is 7.11 Å². The smallest absolute Gasteiger partial charge is 0.259 e. The molecule has 1 N–H and O–H groups in total. The van der Waals surface area contributed by atoms with E-state index in [0.717, 1.165) is 28.1 Å². The van der Waals surface area contributed by atoms with E-state index in [1.807, 2.05) is 54.6 Å². The van der Waals surface area contributed by atoms with Crippen LogP contribution >= 0.6 is 11.8 Å². The number of thioether (sulfide) groups is 1. The Bertz CT molecular complexity index is 1390. The summed E-state index contributed by atoms with van der Waals surface area (Å²) in [5, 5.41) is 3.39. The van der Waals surface area contributed by atoms with Gasteiger partial charge in [-0.3, -0.25) is 14.6 Å². The van der Waals surface area contributed by atoms with Gasteiger partial charge in [-0.05, 0) is 53.9 Å². The van der Waals surface area contributed by atoms with E-state index in [2.05, 4.69) is 5.32 Å². The summed E-state index contributed by atoms with van der Waals surface area (Å²) in [4.78, 5) is 36.8. The molecule has 2 amide bonds. The number of methoxy groups -OCH3 is 1. The lowest BCUT2D eigenvalue weighted by Crippen LogP contribution is -2.41. The SMILES string of the molecule is COc1ccc(CNC(=O)CCC2N=C3c4ccccc4N=C(SCc4cccc(F)c4)N3C2=O)cc1. The van der Waals surface area contributed by atoms with Gasteiger partial charge in [-0.2, -0.15) is 0 Å². The molecule has 1 unspecified atom stereocenters. The summed E-state index contributed by atoms with van der Waals surface area (Å²) < 4.78 is 18.8. The van der Waals surface area contributed by atoms with E-state index in [9.17, 15) is 14.0 Å². The first-order chi connectivity index (χ1) is 18.0. The van der Waals surface area contributed by atoms with Crippen LogP contribution in [0.2, 0.25) is 0 Å². The number of amidine groups is 2. The maximum absolute atomic E-state index is 13.6. The fourth-order valence-corrected chi connectivity index (χ4v) is 5.11. The number of benzene rings is 3. The summed E-state index contributed by atoms with van der Waals surface area (Å²) in [5.74, 6) is 1.08. The first kappa shape index (κ1) is 24.7. The lowest BCUT2D eigenvalue weighted by Gasteiger charge is -2.25. The van der Waals surface area contributed by atoms with Gasteiger partial charge in [0.1, 0.15) is 23.4 Å². The summed E-state index contributed by atoms with van der Waals surface area (Å²) in [5.41, 5.74) is 3.25. The van der Waals surface area contributed by atoms with E-state index in [4.69, 9.17) is 14.7 Å². The number of nitrogens with one attached hydrogen (secondary N) is 1. The Balaban J connectivity index is 1.25. The average molecular weight is 517 g/mol. The molecule has 3 aromatic carbocycles. The largest absolute Gasteiger partial charge is 0.497 e. The van der Waals surface area contributed by atoms with Crippen LogP contribution in [-0.2, 0) is 21.9 Å². The summed E-state index contributed by atoms with van der Waals surface area (Å²) in [7, 11) is 1.60. The van der Waals surface area contributed by atoms with Crippen molar-refractivity contribution in [3.05, 3.63) is 95.3 Å². The lowest BCUT2D eigenvalue weighted by molar-refractivity contribution is -0.125. The molecule has 0 saturated carbocycles. The molecule has 2 aliphatic rings. The maximum atomic E-state index is 13.6. The average Bonchev–Trinajstić information content (AvgIpc) is 3.26. The third kappa shape index (κ3) is 5.56. The molecule has 5 rings (SSSR count). The van der Waals surface area contributed by atoms with Crippen LogP contribution in [0.4, 0.5) is 10.1 Å². The minimum atomic E-state index is -0.673. The number of fused-ring (bicyclic) bond motifs is 3. The highest BCUT2D eigenvalue weighted by Gasteiger charge is 2.41. The minimum absolute atomic E-state index is 0.150. The topological polar surface area (TPSA) is 83.4 Å². The van der Waals surface area contributed by atoms with Crippen molar-refractivity contribution < 1.29 is 18.7 Å². The number of halogens is 1. The van der Waals surface area contributed by atoms with Gasteiger partial charge in [-0.25, -0.2) is 14.3 Å². The van der Waals surface area contributed by atoms with Gasteiger partial charge in [0.25, 0.3) is 5.91 Å². The van der Waals surface area contributed by atoms with Crippen molar-refractivity contribution in [3.8, 4) is 5.75 Å². The second kappa shape index (κ2) is 11.0. The van der Waals surface area contributed by atoms with E-state index >= 15 is 0 Å². The van der Waals surface area contributed by atoms with Crippen molar-refractivity contribution in [1.29, 1.82) is 0 Å². The number of para-hydroxylation sites is 1. The molecule has 1 atom stereocenters. The van der Waals surface area contributed by atoms with Gasteiger partial charge >= 0.3 is 0 Å². The van der Waals surface area contributed by atoms with Crippen LogP contribution in [0.5, 0.6) is 5.75 Å². The summed E-state index contributed by atoms with van der Waals surface area (Å²) in [6.07, 6.45) is 0.457. The molecular weight excluding hydrogens is 491 g/mol. The zero-order valence-electron chi connectivity index (χ0n) is 20.2. The molecule has 7 nitrogen and oxygen atoms in total. The van der Waals surface area contributed by atoms with E-state index in [-0.39, 0.29) is 30.5 Å². The van der Waals surface area contributed by atoms with Crippen LogP contribution in [0.15, 0.2) is 82.8 Å². The third-order valence-electron chi connectivity index (χ3n) is 6.10. The molecule has 37 heavy (non-hydrogen) atoms. The van der Waals surface area contributed by atoms with Gasteiger partial charge in [0.2, 0.25) is 5.91 Å². The monoisotopic (exact) mass is 516 g/mol. The van der Waals surface area contributed by atoms with Crippen molar-refractivity contribution in [3.63, 3.8) is 0 Å². The van der Waals surface area contributed by atoms with Gasteiger partial charge in [-0.1, -0.05) is 48.2 Å². The summed E-state index contributed by atoms with van der Waals surface area (Å²) in [6.45, 7) is 0.392. The molecule has 0 saturated heterocycles. The Morgan fingerprint density at radius 2 is 1.89 bits per heavy atom. The van der Waals surface area contributed by atoms with Gasteiger partial charge in [0.15, 0.2) is 5.17 Å². The second-order valence-corrected chi connectivity index (χ2v) is 9.58. The van der Waals surface area contributed by atoms with Crippen LogP contribution in [0.25, 0.3) is 0 Å². The Labute approximate surface area is 218 Å². The Kier molecular flexibility index (Phi) is 7.32. The van der Waals surface area contributed by atoms with E-state index in [0.29, 0.717) is 23.3 Å². The summed E-state index contributed by atoms with van der Waals surface area (Å²) >= 11 is 1.36. The summed E-state index contributed by atoms with van der Waals surface area (Å²) in [6, 6.07) is 20.7. The van der Waals surface area contributed by atoms with Crippen LogP contribution in [0.1, 0.15) is 29.5 Å². The van der Waals surface area contributed by atoms with Crippen LogP contribution in [0, 0.1) is 5.82 Å². The Morgan fingerprint density at radius 3 is 2.68 bits per heavy atom. The molecule has 3 aromatic rings. The third-order valence-corrected chi connectivity index (χ3v) is 7.11. The zero-order chi connectivity index (χ0) is 25.8. The minimum Gasteiger partial charge on any atom is -0.497 e. The van der Waals surface area contributed by atoms with E-state index in [1.54, 1.807) is 13.2 Å². The molecule has 188 valence electrons. The van der Waals surface area contributed by atoms with Gasteiger partial charge in [-0.15, -0.1) is 0 Å². The lowest BCUT2D eigenvalue weighted by atomic mass is 10.1. The highest BCUT2D eigenvalue weighted by molar-refractivity contribution is 8.13. The highest BCUT2D eigenvalue weighted by atomic mass is 32.2. The molecule has 0 aliphatic carbocycles. The number of carbonyl (C=O) groups excluding carboxylic acids is 2. The zero-order valence-corrected chi connectivity index (χ0v) is 21.0. The first-order valence-corrected chi connectivity index (χ1v) is 12.9. The van der Waals surface area contributed by atoms with E-state index in [1.165, 1.54) is 28.8 Å². The molecule has 0 spiro atoms. The quantitative estimate of drug-likeness (QED) is 0.465. The number of hydrogen-bond donors (Lipinski definition) is 1. The number of amides is 2. The van der Waals surface area contributed by atoms with Crippen molar-refractivity contribution in [1.82, 2.24) is 10.2 Å². The molecule has 0 bridgehead atoms. The van der Waals surface area contributed by atoms with Crippen LogP contribution in [0.3, 0.4) is 0 Å². The van der Waals surface area contributed by atoms with Gasteiger partial charge < -0.3 is 10.1 Å².